The highest BCUT2D eigenvalue weighted by Crippen LogP contribution is 2.40. The van der Waals surface area contributed by atoms with Gasteiger partial charge < -0.3 is 20.7 Å². The summed E-state index contributed by atoms with van der Waals surface area (Å²) in [6, 6.07) is -0.246. The number of hydrogen-bond donors (Lipinski definition) is 4. The lowest BCUT2D eigenvalue weighted by molar-refractivity contribution is -0.148. The predicted molar refractivity (Wildman–Crippen MR) is 98.6 cm³/mol. The molecular formula is C17H32N6O3. The molecular weight excluding hydrogens is 336 g/mol. The van der Waals surface area contributed by atoms with E-state index in [1.54, 1.807) is 7.05 Å². The Bertz CT molecular complexity index is 501. The average molecular weight is 368 g/mol. The number of amidine groups is 1. The van der Waals surface area contributed by atoms with Crippen LogP contribution in [-0.4, -0.2) is 55.9 Å². The second-order valence-electron chi connectivity index (χ2n) is 7.42. The van der Waals surface area contributed by atoms with Crippen molar-refractivity contribution < 1.29 is 14.3 Å². The number of nitrogens with zero attached hydrogens (tertiary/aromatic N) is 2. The lowest BCUT2D eigenvalue weighted by Crippen LogP contribution is -2.50. The third kappa shape index (κ3) is 6.14. The number of ether oxygens (including phenoxy) is 1. The van der Waals surface area contributed by atoms with Crippen molar-refractivity contribution in [3.05, 3.63) is 0 Å². The largest absolute Gasteiger partial charge is 0.463 e. The molecule has 1 saturated heterocycles. The Morgan fingerprint density at radius 2 is 2.19 bits per heavy atom. The van der Waals surface area contributed by atoms with Crippen LogP contribution < -0.4 is 22.4 Å². The Balaban J connectivity index is 1.76. The summed E-state index contributed by atoms with van der Waals surface area (Å²) in [4.78, 5) is 24.3. The van der Waals surface area contributed by atoms with Crippen molar-refractivity contribution in [1.29, 1.82) is 0 Å². The van der Waals surface area contributed by atoms with Crippen molar-refractivity contribution >= 4 is 18.2 Å². The molecule has 0 aromatic rings. The van der Waals surface area contributed by atoms with E-state index < -0.39 is 0 Å². The highest BCUT2D eigenvalue weighted by Gasteiger charge is 2.38. The first-order valence-corrected chi connectivity index (χ1v) is 9.36. The number of likely N-dealkylation sites (N-methyl/N-ethyl adjacent to an activating group) is 1. The first-order chi connectivity index (χ1) is 12.5. The average Bonchev–Trinajstić information content (AvgIpc) is 2.65. The Kier molecular flexibility index (Phi) is 8.11. The first-order valence-electron chi connectivity index (χ1n) is 9.36. The van der Waals surface area contributed by atoms with E-state index in [2.05, 4.69) is 16.0 Å². The van der Waals surface area contributed by atoms with E-state index >= 15 is 0 Å². The number of carbonyl (C=O) groups excluding carboxylic acids is 2. The number of piperidine rings is 1. The molecule has 26 heavy (non-hydrogen) atoms. The van der Waals surface area contributed by atoms with Crippen LogP contribution in [0.2, 0.25) is 0 Å². The van der Waals surface area contributed by atoms with Gasteiger partial charge in [-0.3, -0.25) is 9.59 Å². The minimum Gasteiger partial charge on any atom is -0.463 e. The minimum atomic E-state index is -0.246. The zero-order chi connectivity index (χ0) is 18.9. The van der Waals surface area contributed by atoms with Crippen molar-refractivity contribution in [2.24, 2.45) is 34.4 Å². The molecule has 2 fully saturated rings. The van der Waals surface area contributed by atoms with Crippen LogP contribution in [0.1, 0.15) is 38.5 Å². The van der Waals surface area contributed by atoms with Crippen molar-refractivity contribution in [1.82, 2.24) is 15.8 Å². The summed E-state index contributed by atoms with van der Waals surface area (Å²) in [5.74, 6) is 7.24. The Morgan fingerprint density at radius 3 is 2.92 bits per heavy atom. The third-order valence-electron chi connectivity index (χ3n) is 5.58. The fourth-order valence-electron chi connectivity index (χ4n) is 4.04. The van der Waals surface area contributed by atoms with Crippen LogP contribution in [0.3, 0.4) is 0 Å². The Labute approximate surface area is 154 Å². The molecule has 6 N–H and O–H groups in total. The molecule has 148 valence electrons. The molecule has 0 aromatic carbocycles. The fourth-order valence-corrected chi connectivity index (χ4v) is 4.04. The molecule has 0 radical (unpaired) electrons. The number of hydrazine groups is 1. The summed E-state index contributed by atoms with van der Waals surface area (Å²) >= 11 is 0. The molecule has 0 spiro atoms. The second-order valence-corrected chi connectivity index (χ2v) is 7.42. The van der Waals surface area contributed by atoms with Gasteiger partial charge in [-0.05, 0) is 50.0 Å². The molecule has 4 atom stereocenters. The van der Waals surface area contributed by atoms with Crippen LogP contribution in [0, 0.1) is 17.8 Å². The molecule has 1 heterocycles. The summed E-state index contributed by atoms with van der Waals surface area (Å²) in [7, 11) is 1.66. The highest BCUT2D eigenvalue weighted by molar-refractivity contribution is 5.79. The normalized spacial score (nSPS) is 28.8. The molecule has 1 amide bonds. The highest BCUT2D eigenvalue weighted by atomic mass is 16.5. The maximum absolute atomic E-state index is 12.3. The maximum atomic E-state index is 12.3. The van der Waals surface area contributed by atoms with Gasteiger partial charge >= 0.3 is 5.97 Å². The van der Waals surface area contributed by atoms with Crippen molar-refractivity contribution in [3.8, 4) is 0 Å². The molecule has 2 rings (SSSR count). The minimum absolute atomic E-state index is 0.213. The van der Waals surface area contributed by atoms with Crippen LogP contribution in [0.5, 0.6) is 0 Å². The van der Waals surface area contributed by atoms with E-state index in [1.807, 2.05) is 0 Å². The van der Waals surface area contributed by atoms with Gasteiger partial charge in [0.15, 0.2) is 0 Å². The van der Waals surface area contributed by atoms with E-state index in [4.69, 9.17) is 16.3 Å². The molecule has 9 heteroatoms. The van der Waals surface area contributed by atoms with Crippen LogP contribution >= 0.6 is 0 Å². The van der Waals surface area contributed by atoms with Crippen LogP contribution in [0.25, 0.3) is 0 Å². The van der Waals surface area contributed by atoms with Gasteiger partial charge in [0.05, 0.1) is 6.54 Å². The first kappa shape index (κ1) is 20.4. The molecule has 1 saturated carbocycles. The Morgan fingerprint density at radius 1 is 1.38 bits per heavy atom. The number of fused-ring (bicyclic) bond motifs is 1. The summed E-state index contributed by atoms with van der Waals surface area (Å²) < 4.78 is 5.31. The number of nitrogens with two attached hydrogens (primary N) is 2. The quantitative estimate of drug-likeness (QED) is 0.108. The second kappa shape index (κ2) is 10.3. The standard InChI is InChI=1S/C17H32N6O3/c1-23(11-24)6-7-26-17(25)15-9-14-8-12(2-4-13(14)10-20-15)3-5-16(18)21-22-19/h11-15,20,22H,2-10,19H2,1H3,(H2,18,21). The van der Waals surface area contributed by atoms with E-state index in [0.717, 1.165) is 38.6 Å². The number of hydrazone groups is 1. The van der Waals surface area contributed by atoms with Gasteiger partial charge in [0.1, 0.15) is 18.5 Å². The van der Waals surface area contributed by atoms with Crippen LogP contribution in [0.15, 0.2) is 5.10 Å². The molecule has 0 aromatic heterocycles. The molecule has 1 aliphatic heterocycles. The lowest BCUT2D eigenvalue weighted by Gasteiger charge is -2.42. The number of hydrogen-bond acceptors (Lipinski definition) is 7. The molecule has 9 nitrogen and oxygen atoms in total. The van der Waals surface area contributed by atoms with E-state index in [1.165, 1.54) is 17.7 Å². The SMILES string of the molecule is CN(C=O)CCOC(=O)C1CC2CC(CC/C(N)=N/NN)CCC2CN1. The number of esters is 1. The molecule has 2 aliphatic rings. The zero-order valence-electron chi connectivity index (χ0n) is 15.5. The van der Waals surface area contributed by atoms with Gasteiger partial charge in [-0.25, -0.2) is 11.4 Å². The number of amides is 1. The van der Waals surface area contributed by atoms with Gasteiger partial charge in [0.25, 0.3) is 0 Å². The van der Waals surface area contributed by atoms with Crippen molar-refractivity contribution in [2.75, 3.05) is 26.7 Å². The van der Waals surface area contributed by atoms with Crippen molar-refractivity contribution in [3.63, 3.8) is 0 Å². The van der Waals surface area contributed by atoms with Gasteiger partial charge in [-0.2, -0.15) is 5.10 Å². The van der Waals surface area contributed by atoms with Crippen molar-refractivity contribution in [2.45, 2.75) is 44.6 Å². The van der Waals surface area contributed by atoms with E-state index in [9.17, 15) is 9.59 Å². The molecule has 4 unspecified atom stereocenters. The van der Waals surface area contributed by atoms with Gasteiger partial charge in [-0.15, -0.1) is 0 Å². The van der Waals surface area contributed by atoms with Crippen LogP contribution in [0.4, 0.5) is 0 Å². The van der Waals surface area contributed by atoms with Gasteiger partial charge in [0.2, 0.25) is 6.41 Å². The maximum Gasteiger partial charge on any atom is 0.323 e. The van der Waals surface area contributed by atoms with Gasteiger partial charge in [0, 0.05) is 13.5 Å². The lowest BCUT2D eigenvalue weighted by atomic mass is 9.69. The number of nitrogens with one attached hydrogen (secondary N) is 2. The molecule has 1 aliphatic carbocycles. The predicted octanol–water partition coefficient (Wildman–Crippen LogP) is -0.472. The van der Waals surface area contributed by atoms with E-state index in [-0.39, 0.29) is 18.6 Å². The van der Waals surface area contributed by atoms with Gasteiger partial charge in [-0.1, -0.05) is 6.42 Å². The number of carbonyl (C=O) groups is 2. The summed E-state index contributed by atoms with van der Waals surface area (Å²) in [6.45, 7) is 1.51. The summed E-state index contributed by atoms with van der Waals surface area (Å²) in [5.41, 5.74) is 8.01. The molecule has 0 bridgehead atoms. The topological polar surface area (TPSA) is 135 Å². The smallest absolute Gasteiger partial charge is 0.323 e. The van der Waals surface area contributed by atoms with E-state index in [0.29, 0.717) is 30.1 Å². The number of rotatable bonds is 9. The fraction of sp³-hybridized carbons (Fsp3) is 0.824. The Hall–Kier alpha value is -1.87. The zero-order valence-corrected chi connectivity index (χ0v) is 15.5. The summed E-state index contributed by atoms with van der Waals surface area (Å²) in [6.07, 6.45) is 6.77. The monoisotopic (exact) mass is 368 g/mol. The van der Waals surface area contributed by atoms with Crippen LogP contribution in [-0.2, 0) is 14.3 Å². The third-order valence-corrected chi connectivity index (χ3v) is 5.58. The summed E-state index contributed by atoms with van der Waals surface area (Å²) in [5, 5.41) is 7.13.